The molecule has 0 fully saturated rings. The molecule has 1 amide bonds. The van der Waals surface area contributed by atoms with Gasteiger partial charge in [-0.3, -0.25) is 9.78 Å². The van der Waals surface area contributed by atoms with Gasteiger partial charge >= 0.3 is 0 Å². The third-order valence-electron chi connectivity index (χ3n) is 3.02. The largest absolute Gasteiger partial charge is 0.503 e. The Balaban J connectivity index is 1.78. The zero-order chi connectivity index (χ0) is 14.8. The molecule has 0 saturated heterocycles. The van der Waals surface area contributed by atoms with Gasteiger partial charge in [0.2, 0.25) is 0 Å². The summed E-state index contributed by atoms with van der Waals surface area (Å²) in [5.41, 5.74) is 1.06. The Bertz CT molecular complexity index is 711. The van der Waals surface area contributed by atoms with Gasteiger partial charge in [-0.2, -0.15) is 0 Å². The van der Waals surface area contributed by atoms with Crippen molar-refractivity contribution in [2.75, 3.05) is 6.54 Å². The van der Waals surface area contributed by atoms with Crippen LogP contribution in [0.1, 0.15) is 5.69 Å². The van der Waals surface area contributed by atoms with Crippen LogP contribution in [-0.4, -0.2) is 22.5 Å². The number of amides is 1. The van der Waals surface area contributed by atoms with Crippen molar-refractivity contribution in [3.63, 3.8) is 0 Å². The van der Waals surface area contributed by atoms with Crippen LogP contribution >= 0.6 is 11.8 Å². The summed E-state index contributed by atoms with van der Waals surface area (Å²) in [7, 11) is 0. The predicted molar refractivity (Wildman–Crippen MR) is 77.3 cm³/mol. The van der Waals surface area contributed by atoms with E-state index in [2.05, 4.69) is 10.3 Å². The maximum absolute atomic E-state index is 12.8. The van der Waals surface area contributed by atoms with Gasteiger partial charge in [-0.1, -0.05) is 11.8 Å². The second-order valence-electron chi connectivity index (χ2n) is 4.44. The number of carbonyl (C=O) groups is 1. The van der Waals surface area contributed by atoms with E-state index in [1.165, 1.54) is 23.9 Å². The van der Waals surface area contributed by atoms with E-state index >= 15 is 0 Å². The first-order valence-corrected chi connectivity index (χ1v) is 7.05. The summed E-state index contributed by atoms with van der Waals surface area (Å²) in [5, 5.41) is 12.2. The standard InChI is InChI=1S/C15H11FN2O2S/c16-9-1-3-10(4-2-9)21-11-5-6-13(17-7-11)12-8-18-15(20)14(12)19/h1-7,19H,8H2,(H,18,20). The highest BCUT2D eigenvalue weighted by atomic mass is 32.2. The highest BCUT2D eigenvalue weighted by molar-refractivity contribution is 7.99. The van der Waals surface area contributed by atoms with Crippen LogP contribution in [0.4, 0.5) is 4.39 Å². The van der Waals surface area contributed by atoms with Crippen molar-refractivity contribution >= 4 is 23.2 Å². The zero-order valence-electron chi connectivity index (χ0n) is 10.8. The van der Waals surface area contributed by atoms with Gasteiger partial charge in [0.15, 0.2) is 5.76 Å². The normalized spacial score (nSPS) is 14.4. The second-order valence-corrected chi connectivity index (χ2v) is 5.59. The summed E-state index contributed by atoms with van der Waals surface area (Å²) in [6.45, 7) is 0.280. The first kappa shape index (κ1) is 13.6. The highest BCUT2D eigenvalue weighted by Crippen LogP contribution is 2.28. The van der Waals surface area contributed by atoms with Crippen LogP contribution in [0.2, 0.25) is 0 Å². The van der Waals surface area contributed by atoms with Gasteiger partial charge < -0.3 is 10.4 Å². The molecule has 1 aliphatic rings. The molecule has 4 nitrogen and oxygen atoms in total. The number of hydrogen-bond acceptors (Lipinski definition) is 4. The lowest BCUT2D eigenvalue weighted by Crippen LogP contribution is -2.17. The lowest BCUT2D eigenvalue weighted by molar-refractivity contribution is -0.118. The monoisotopic (exact) mass is 302 g/mol. The number of aromatic nitrogens is 1. The van der Waals surface area contributed by atoms with Crippen LogP contribution in [0, 0.1) is 5.82 Å². The Labute approximate surface area is 124 Å². The Morgan fingerprint density at radius 1 is 1.14 bits per heavy atom. The van der Waals surface area contributed by atoms with Crippen molar-refractivity contribution in [2.24, 2.45) is 0 Å². The molecule has 2 heterocycles. The third-order valence-corrected chi connectivity index (χ3v) is 4.01. The van der Waals surface area contributed by atoms with Crippen molar-refractivity contribution in [3.8, 4) is 0 Å². The number of carbonyl (C=O) groups excluding carboxylic acids is 1. The molecule has 21 heavy (non-hydrogen) atoms. The minimum absolute atomic E-state index is 0.270. The average Bonchev–Trinajstić information content (AvgIpc) is 2.83. The topological polar surface area (TPSA) is 62.2 Å². The number of benzene rings is 1. The van der Waals surface area contributed by atoms with E-state index in [0.29, 0.717) is 11.3 Å². The SMILES string of the molecule is O=C1NCC(c2ccc(Sc3ccc(F)cc3)cn2)=C1O. The van der Waals surface area contributed by atoms with Crippen LogP contribution in [-0.2, 0) is 4.79 Å². The summed E-state index contributed by atoms with van der Waals surface area (Å²) < 4.78 is 12.8. The summed E-state index contributed by atoms with van der Waals surface area (Å²) >= 11 is 1.46. The van der Waals surface area contributed by atoms with E-state index in [1.807, 2.05) is 6.07 Å². The number of aliphatic hydroxyl groups excluding tert-OH is 1. The molecule has 0 aliphatic carbocycles. The molecule has 0 atom stereocenters. The molecule has 1 aromatic heterocycles. The van der Waals surface area contributed by atoms with Crippen LogP contribution in [0.15, 0.2) is 58.1 Å². The molecule has 106 valence electrons. The van der Waals surface area contributed by atoms with Gasteiger partial charge in [-0.05, 0) is 36.4 Å². The summed E-state index contributed by atoms with van der Waals surface area (Å²) in [6, 6.07) is 9.80. The van der Waals surface area contributed by atoms with Crippen LogP contribution < -0.4 is 5.32 Å². The van der Waals surface area contributed by atoms with E-state index in [9.17, 15) is 14.3 Å². The summed E-state index contributed by atoms with van der Waals surface area (Å²) in [6.07, 6.45) is 1.66. The summed E-state index contributed by atoms with van der Waals surface area (Å²) in [4.78, 5) is 17.3. The van der Waals surface area contributed by atoms with E-state index in [-0.39, 0.29) is 18.1 Å². The quantitative estimate of drug-likeness (QED) is 0.915. The molecule has 2 N–H and O–H groups in total. The zero-order valence-corrected chi connectivity index (χ0v) is 11.7. The fraction of sp³-hybridized carbons (Fsp3) is 0.0667. The number of nitrogens with zero attached hydrogens (tertiary/aromatic N) is 1. The maximum Gasteiger partial charge on any atom is 0.286 e. The molecule has 1 aliphatic heterocycles. The Hall–Kier alpha value is -2.34. The molecule has 6 heteroatoms. The fourth-order valence-corrected chi connectivity index (χ4v) is 2.73. The van der Waals surface area contributed by atoms with Gasteiger partial charge in [-0.15, -0.1) is 0 Å². The van der Waals surface area contributed by atoms with E-state index in [0.717, 1.165) is 9.79 Å². The Morgan fingerprint density at radius 3 is 2.43 bits per heavy atom. The van der Waals surface area contributed by atoms with Gasteiger partial charge in [-0.25, -0.2) is 4.39 Å². The van der Waals surface area contributed by atoms with Crippen LogP contribution in [0.25, 0.3) is 5.57 Å². The van der Waals surface area contributed by atoms with E-state index in [1.54, 1.807) is 24.4 Å². The van der Waals surface area contributed by atoms with Gasteiger partial charge in [0.25, 0.3) is 5.91 Å². The molecule has 0 saturated carbocycles. The molecule has 1 aromatic carbocycles. The molecule has 0 spiro atoms. The highest BCUT2D eigenvalue weighted by Gasteiger charge is 2.23. The molecular formula is C15H11FN2O2S. The number of halogens is 1. The lowest BCUT2D eigenvalue weighted by Gasteiger charge is -2.04. The minimum atomic E-state index is -0.475. The van der Waals surface area contributed by atoms with E-state index in [4.69, 9.17) is 0 Å². The molecular weight excluding hydrogens is 291 g/mol. The number of nitrogens with one attached hydrogen (secondary N) is 1. The van der Waals surface area contributed by atoms with Crippen molar-refractivity contribution < 1.29 is 14.3 Å². The Kier molecular flexibility index (Phi) is 3.62. The molecule has 2 aromatic rings. The van der Waals surface area contributed by atoms with Gasteiger partial charge in [0, 0.05) is 28.1 Å². The lowest BCUT2D eigenvalue weighted by atomic mass is 10.1. The molecule has 3 rings (SSSR count). The number of rotatable bonds is 3. The average molecular weight is 302 g/mol. The minimum Gasteiger partial charge on any atom is -0.503 e. The van der Waals surface area contributed by atoms with Gasteiger partial charge in [0.1, 0.15) is 5.82 Å². The van der Waals surface area contributed by atoms with Crippen molar-refractivity contribution in [2.45, 2.75) is 9.79 Å². The van der Waals surface area contributed by atoms with E-state index < -0.39 is 5.91 Å². The van der Waals surface area contributed by atoms with Crippen molar-refractivity contribution in [3.05, 3.63) is 59.9 Å². The van der Waals surface area contributed by atoms with Crippen LogP contribution in [0.5, 0.6) is 0 Å². The number of pyridine rings is 1. The van der Waals surface area contributed by atoms with Crippen LogP contribution in [0.3, 0.4) is 0 Å². The van der Waals surface area contributed by atoms with Crippen molar-refractivity contribution in [1.29, 1.82) is 0 Å². The molecule has 0 bridgehead atoms. The maximum atomic E-state index is 12.8. The molecule has 0 radical (unpaired) electrons. The van der Waals surface area contributed by atoms with Gasteiger partial charge in [0.05, 0.1) is 5.69 Å². The predicted octanol–water partition coefficient (Wildman–Crippen LogP) is 2.77. The second kappa shape index (κ2) is 5.57. The summed E-state index contributed by atoms with van der Waals surface area (Å²) in [5.74, 6) is -1.02. The number of hydrogen-bond donors (Lipinski definition) is 2. The first-order chi connectivity index (χ1) is 10.1. The number of aliphatic hydroxyl groups is 1. The first-order valence-electron chi connectivity index (χ1n) is 6.23. The smallest absolute Gasteiger partial charge is 0.286 e. The third kappa shape index (κ3) is 2.90. The Morgan fingerprint density at radius 2 is 1.86 bits per heavy atom. The van der Waals surface area contributed by atoms with Crippen molar-refractivity contribution in [1.82, 2.24) is 10.3 Å². The fourth-order valence-electron chi connectivity index (χ4n) is 1.94. The molecule has 0 unspecified atom stereocenters.